The zero-order valence-electron chi connectivity index (χ0n) is 18.5. The molecule has 1 fully saturated rings. The molecule has 3 aromatic rings. The van der Waals surface area contributed by atoms with Crippen LogP contribution in [0.15, 0.2) is 71.8 Å². The standard InChI is InChI=1S/C24H27N3O5S/c1-2-31-22-8-10-23(11-9-22)33(29,30)26-15-12-19(13-16-26)24(28)32-18-20-14-17-27(25-20)21-6-4-3-5-7-21/h3-11,14,17,19H,2,12-13,15-16,18H2,1H3. The van der Waals surface area contributed by atoms with Gasteiger partial charge < -0.3 is 9.47 Å². The van der Waals surface area contributed by atoms with Gasteiger partial charge >= 0.3 is 5.97 Å². The lowest BCUT2D eigenvalue weighted by atomic mass is 9.98. The van der Waals surface area contributed by atoms with Gasteiger partial charge in [0.05, 0.1) is 23.1 Å². The Bertz CT molecular complexity index is 1170. The molecule has 0 aliphatic carbocycles. The van der Waals surface area contributed by atoms with Crippen LogP contribution in [-0.2, 0) is 26.2 Å². The highest BCUT2D eigenvalue weighted by atomic mass is 32.2. The van der Waals surface area contributed by atoms with Crippen LogP contribution in [0.3, 0.4) is 0 Å². The van der Waals surface area contributed by atoms with E-state index < -0.39 is 10.0 Å². The summed E-state index contributed by atoms with van der Waals surface area (Å²) in [6.07, 6.45) is 2.67. The Hall–Kier alpha value is -3.17. The summed E-state index contributed by atoms with van der Waals surface area (Å²) in [4.78, 5) is 12.8. The topological polar surface area (TPSA) is 90.7 Å². The zero-order valence-corrected chi connectivity index (χ0v) is 19.3. The maximum Gasteiger partial charge on any atom is 0.309 e. The lowest BCUT2D eigenvalue weighted by Gasteiger charge is -2.30. The summed E-state index contributed by atoms with van der Waals surface area (Å²) in [5.41, 5.74) is 1.58. The number of sulfonamides is 1. The molecule has 1 aliphatic heterocycles. The van der Waals surface area contributed by atoms with Gasteiger partial charge in [0.15, 0.2) is 0 Å². The highest BCUT2D eigenvalue weighted by molar-refractivity contribution is 7.89. The number of carbonyl (C=O) groups excluding carboxylic acids is 1. The Labute approximate surface area is 193 Å². The Balaban J connectivity index is 1.28. The van der Waals surface area contributed by atoms with E-state index in [4.69, 9.17) is 9.47 Å². The SMILES string of the molecule is CCOc1ccc(S(=O)(=O)N2CCC(C(=O)OCc3ccn(-c4ccccc4)n3)CC2)cc1. The molecule has 1 aromatic heterocycles. The lowest BCUT2D eigenvalue weighted by molar-refractivity contribution is -0.151. The Morgan fingerprint density at radius 1 is 1.03 bits per heavy atom. The van der Waals surface area contributed by atoms with Crippen LogP contribution in [0.25, 0.3) is 5.69 Å². The maximum atomic E-state index is 12.9. The van der Waals surface area contributed by atoms with Crippen molar-refractivity contribution in [2.24, 2.45) is 5.92 Å². The average Bonchev–Trinajstić information content (AvgIpc) is 3.33. The fourth-order valence-electron chi connectivity index (χ4n) is 3.78. The molecule has 1 aliphatic rings. The molecule has 2 heterocycles. The molecule has 0 saturated carbocycles. The van der Waals surface area contributed by atoms with Crippen LogP contribution >= 0.6 is 0 Å². The summed E-state index contributed by atoms with van der Waals surface area (Å²) >= 11 is 0. The third-order valence-corrected chi connectivity index (χ3v) is 7.50. The van der Waals surface area contributed by atoms with Gasteiger partial charge in [-0.25, -0.2) is 13.1 Å². The van der Waals surface area contributed by atoms with Gasteiger partial charge in [-0.15, -0.1) is 0 Å². The lowest BCUT2D eigenvalue weighted by Crippen LogP contribution is -2.40. The molecule has 2 aromatic carbocycles. The van der Waals surface area contributed by atoms with Crippen molar-refractivity contribution in [3.63, 3.8) is 0 Å². The quantitative estimate of drug-likeness (QED) is 0.470. The van der Waals surface area contributed by atoms with E-state index in [1.54, 1.807) is 28.9 Å². The number of ether oxygens (including phenoxy) is 2. The molecule has 4 rings (SSSR count). The van der Waals surface area contributed by atoms with Crippen LogP contribution in [0.4, 0.5) is 0 Å². The van der Waals surface area contributed by atoms with E-state index in [2.05, 4.69) is 5.10 Å². The van der Waals surface area contributed by atoms with Gasteiger partial charge in [0.25, 0.3) is 0 Å². The molecule has 0 amide bonds. The smallest absolute Gasteiger partial charge is 0.309 e. The number of esters is 1. The van der Waals surface area contributed by atoms with Crippen molar-refractivity contribution in [2.45, 2.75) is 31.3 Å². The van der Waals surface area contributed by atoms with E-state index in [-0.39, 0.29) is 36.5 Å². The molecule has 0 unspecified atom stereocenters. The minimum absolute atomic E-state index is 0.0867. The van der Waals surface area contributed by atoms with E-state index in [1.807, 2.05) is 49.5 Å². The fourth-order valence-corrected chi connectivity index (χ4v) is 5.25. The molecule has 1 saturated heterocycles. The second-order valence-corrected chi connectivity index (χ2v) is 9.72. The summed E-state index contributed by atoms with van der Waals surface area (Å²) in [5, 5.41) is 4.44. The van der Waals surface area contributed by atoms with Gasteiger partial charge in [-0.1, -0.05) is 18.2 Å². The van der Waals surface area contributed by atoms with Crippen LogP contribution < -0.4 is 4.74 Å². The predicted octanol–water partition coefficient (Wildman–Crippen LogP) is 3.42. The van der Waals surface area contributed by atoms with Crippen LogP contribution in [-0.4, -0.2) is 48.2 Å². The highest BCUT2D eigenvalue weighted by Crippen LogP contribution is 2.26. The molecule has 8 nitrogen and oxygen atoms in total. The number of benzene rings is 2. The van der Waals surface area contributed by atoms with Gasteiger partial charge in [0, 0.05) is 19.3 Å². The summed E-state index contributed by atoms with van der Waals surface area (Å²) in [5.74, 6) is -0.0122. The van der Waals surface area contributed by atoms with Gasteiger partial charge in [0.2, 0.25) is 10.0 Å². The van der Waals surface area contributed by atoms with Crippen molar-refractivity contribution in [3.8, 4) is 11.4 Å². The van der Waals surface area contributed by atoms with Crippen molar-refractivity contribution in [3.05, 3.63) is 72.6 Å². The first-order chi connectivity index (χ1) is 16.0. The minimum Gasteiger partial charge on any atom is -0.494 e. The van der Waals surface area contributed by atoms with E-state index in [0.29, 0.717) is 30.9 Å². The van der Waals surface area contributed by atoms with Crippen LogP contribution in [0.2, 0.25) is 0 Å². The number of carbonyl (C=O) groups is 1. The first kappa shape index (κ1) is 23.0. The first-order valence-electron chi connectivity index (χ1n) is 11.0. The summed E-state index contributed by atoms with van der Waals surface area (Å²) in [6.45, 7) is 3.03. The summed E-state index contributed by atoms with van der Waals surface area (Å²) in [7, 11) is -3.61. The molecule has 9 heteroatoms. The van der Waals surface area contributed by atoms with E-state index in [9.17, 15) is 13.2 Å². The zero-order chi connectivity index (χ0) is 23.3. The van der Waals surface area contributed by atoms with Crippen LogP contribution in [0.1, 0.15) is 25.5 Å². The number of aromatic nitrogens is 2. The van der Waals surface area contributed by atoms with Crippen molar-refractivity contribution >= 4 is 16.0 Å². The summed E-state index contributed by atoms with van der Waals surface area (Å²) < 4.78 is 39.8. The van der Waals surface area contributed by atoms with Crippen molar-refractivity contribution in [2.75, 3.05) is 19.7 Å². The van der Waals surface area contributed by atoms with E-state index in [0.717, 1.165) is 5.69 Å². The monoisotopic (exact) mass is 469 g/mol. The van der Waals surface area contributed by atoms with E-state index >= 15 is 0 Å². The molecule has 0 bridgehead atoms. The fraction of sp³-hybridized carbons (Fsp3) is 0.333. The van der Waals surface area contributed by atoms with Gasteiger partial charge in [-0.3, -0.25) is 4.79 Å². The van der Waals surface area contributed by atoms with Gasteiger partial charge in [-0.05, 0) is 62.2 Å². The third-order valence-electron chi connectivity index (χ3n) is 5.59. The van der Waals surface area contributed by atoms with Crippen LogP contribution in [0, 0.1) is 5.92 Å². The molecule has 174 valence electrons. The Morgan fingerprint density at radius 2 is 1.73 bits per heavy atom. The Morgan fingerprint density at radius 3 is 2.39 bits per heavy atom. The molecule has 0 N–H and O–H groups in total. The maximum absolute atomic E-state index is 12.9. The highest BCUT2D eigenvalue weighted by Gasteiger charge is 2.32. The number of hydrogen-bond acceptors (Lipinski definition) is 6. The Kier molecular flexibility index (Phi) is 7.10. The van der Waals surface area contributed by atoms with Crippen molar-refractivity contribution < 1.29 is 22.7 Å². The predicted molar refractivity (Wildman–Crippen MR) is 122 cm³/mol. The van der Waals surface area contributed by atoms with Crippen molar-refractivity contribution in [1.82, 2.24) is 14.1 Å². The average molecular weight is 470 g/mol. The number of para-hydroxylation sites is 1. The summed E-state index contributed by atoms with van der Waals surface area (Å²) in [6, 6.07) is 17.9. The number of nitrogens with zero attached hydrogens (tertiary/aromatic N) is 3. The number of hydrogen-bond donors (Lipinski definition) is 0. The third kappa shape index (κ3) is 5.43. The van der Waals surface area contributed by atoms with Gasteiger partial charge in [-0.2, -0.15) is 9.40 Å². The second-order valence-electron chi connectivity index (χ2n) is 7.78. The van der Waals surface area contributed by atoms with E-state index in [1.165, 1.54) is 4.31 Å². The first-order valence-corrected chi connectivity index (χ1v) is 12.4. The molecule has 0 atom stereocenters. The normalized spacial score (nSPS) is 15.3. The molecule has 0 radical (unpaired) electrons. The molecular weight excluding hydrogens is 442 g/mol. The number of piperidine rings is 1. The minimum atomic E-state index is -3.61. The van der Waals surface area contributed by atoms with Crippen molar-refractivity contribution in [1.29, 1.82) is 0 Å². The molecular formula is C24H27N3O5S. The van der Waals surface area contributed by atoms with Crippen LogP contribution in [0.5, 0.6) is 5.75 Å². The molecule has 33 heavy (non-hydrogen) atoms. The van der Waals surface area contributed by atoms with Gasteiger partial charge in [0.1, 0.15) is 18.1 Å². The molecule has 0 spiro atoms. The second kappa shape index (κ2) is 10.2. The number of rotatable bonds is 8. The largest absolute Gasteiger partial charge is 0.494 e.